The molecule has 0 atom stereocenters. The number of unbranched alkanes of at least 4 members (excludes halogenated alkanes) is 2. The zero-order valence-electron chi connectivity index (χ0n) is 10.3. The van der Waals surface area contributed by atoms with Gasteiger partial charge >= 0.3 is 0 Å². The van der Waals surface area contributed by atoms with Crippen LogP contribution in [0.1, 0.15) is 24.8 Å². The van der Waals surface area contributed by atoms with Crippen LogP contribution in [0.2, 0.25) is 0 Å². The number of nitrogens with two attached hydrogens (primary N) is 1. The summed E-state index contributed by atoms with van der Waals surface area (Å²) in [6, 6.07) is 7.68. The lowest BCUT2D eigenvalue weighted by Crippen LogP contribution is -2.23. The minimum atomic E-state index is 0.0998. The number of hydrogen-bond acceptors (Lipinski definition) is 3. The van der Waals surface area contributed by atoms with Crippen LogP contribution in [0.4, 0.5) is 5.69 Å². The molecule has 4 heteroatoms. The largest absolute Gasteiger partial charge is 0.396 e. The van der Waals surface area contributed by atoms with Gasteiger partial charge in [-0.05, 0) is 31.4 Å². The number of nitrogen functional groups attached to an aromatic ring is 1. The van der Waals surface area contributed by atoms with Crippen LogP contribution in [-0.2, 0) is 0 Å². The van der Waals surface area contributed by atoms with Crippen LogP contribution in [0.3, 0.4) is 0 Å². The predicted molar refractivity (Wildman–Crippen MR) is 71.7 cm³/mol. The molecule has 1 aromatic rings. The summed E-state index contributed by atoms with van der Waals surface area (Å²) in [5.41, 5.74) is 7.32. The quantitative estimate of drug-likeness (QED) is 0.381. The van der Waals surface area contributed by atoms with Crippen molar-refractivity contribution in [3.05, 3.63) is 29.8 Å². The van der Waals surface area contributed by atoms with Crippen LogP contribution in [0.15, 0.2) is 24.3 Å². The van der Waals surface area contributed by atoms with Crippen LogP contribution in [-0.4, -0.2) is 31.1 Å². The molecule has 94 valence electrons. The van der Waals surface area contributed by atoms with Gasteiger partial charge in [-0.1, -0.05) is 12.1 Å². The van der Waals surface area contributed by atoms with Crippen molar-refractivity contribution in [1.29, 1.82) is 5.41 Å². The molecular formula is C13H21N3O. The molecule has 1 aromatic carbocycles. The molecule has 0 amide bonds. The molecule has 0 heterocycles. The number of benzene rings is 1. The Labute approximate surface area is 103 Å². The molecule has 0 unspecified atom stereocenters. The van der Waals surface area contributed by atoms with Crippen LogP contribution >= 0.6 is 0 Å². The summed E-state index contributed by atoms with van der Waals surface area (Å²) in [5, 5.41) is 16.2. The second-order valence-corrected chi connectivity index (χ2v) is 4.14. The lowest BCUT2D eigenvalue weighted by Gasteiger charge is -2.21. The first kappa shape index (κ1) is 13.5. The average Bonchev–Trinajstić information content (AvgIpc) is 2.34. The summed E-state index contributed by atoms with van der Waals surface area (Å²) < 4.78 is 0. The van der Waals surface area contributed by atoms with Gasteiger partial charge in [0, 0.05) is 31.5 Å². The fraction of sp³-hybridized carbons (Fsp3) is 0.462. The number of hydrogen-bond donors (Lipinski definition) is 3. The minimum Gasteiger partial charge on any atom is -0.396 e. The Balaban J connectivity index is 2.62. The third-order valence-corrected chi connectivity index (χ3v) is 2.76. The van der Waals surface area contributed by atoms with E-state index < -0.39 is 0 Å². The molecule has 1 rings (SSSR count). The molecule has 0 saturated heterocycles. The summed E-state index contributed by atoms with van der Waals surface area (Å²) in [4.78, 5) is 2.11. The third-order valence-electron chi connectivity index (χ3n) is 2.76. The number of rotatable bonds is 7. The predicted octanol–water partition coefficient (Wildman–Crippen LogP) is 1.57. The lowest BCUT2D eigenvalue weighted by atomic mass is 10.1. The normalized spacial score (nSPS) is 10.2. The summed E-state index contributed by atoms with van der Waals surface area (Å²) in [6.45, 7) is 1.16. The van der Waals surface area contributed by atoms with Gasteiger partial charge in [0.25, 0.3) is 0 Å². The maximum Gasteiger partial charge on any atom is 0.124 e. The van der Waals surface area contributed by atoms with Gasteiger partial charge in [0.15, 0.2) is 0 Å². The smallest absolute Gasteiger partial charge is 0.124 e. The highest BCUT2D eigenvalue weighted by molar-refractivity contribution is 6.00. The molecule has 0 aliphatic rings. The van der Waals surface area contributed by atoms with E-state index in [0.717, 1.165) is 37.1 Å². The van der Waals surface area contributed by atoms with E-state index in [4.69, 9.17) is 16.2 Å². The topological polar surface area (TPSA) is 73.3 Å². The minimum absolute atomic E-state index is 0.0998. The number of amidine groups is 1. The van der Waals surface area contributed by atoms with Gasteiger partial charge in [0.2, 0.25) is 0 Å². The Morgan fingerprint density at radius 3 is 2.65 bits per heavy atom. The number of anilines is 1. The maximum atomic E-state index is 8.71. The highest BCUT2D eigenvalue weighted by Crippen LogP contribution is 2.18. The first-order valence-electron chi connectivity index (χ1n) is 5.92. The first-order chi connectivity index (χ1) is 8.16. The van der Waals surface area contributed by atoms with Crippen molar-refractivity contribution in [3.8, 4) is 0 Å². The molecule has 0 spiro atoms. The molecule has 0 aliphatic heterocycles. The van der Waals surface area contributed by atoms with Crippen LogP contribution in [0.5, 0.6) is 0 Å². The Morgan fingerprint density at radius 1 is 1.29 bits per heavy atom. The van der Waals surface area contributed by atoms with Gasteiger partial charge in [0.1, 0.15) is 5.84 Å². The Bertz CT molecular complexity index is 365. The third kappa shape index (κ3) is 4.07. The summed E-state index contributed by atoms with van der Waals surface area (Å²) in [5.74, 6) is 0.0998. The van der Waals surface area contributed by atoms with Crippen molar-refractivity contribution in [1.82, 2.24) is 0 Å². The van der Waals surface area contributed by atoms with E-state index in [9.17, 15) is 0 Å². The second kappa shape index (κ2) is 6.91. The lowest BCUT2D eigenvalue weighted by molar-refractivity contribution is 0.283. The molecule has 4 N–H and O–H groups in total. The van der Waals surface area contributed by atoms with E-state index in [2.05, 4.69) is 4.90 Å². The highest BCUT2D eigenvalue weighted by Gasteiger charge is 2.08. The summed E-state index contributed by atoms with van der Waals surface area (Å²) in [7, 11) is 2.00. The van der Waals surface area contributed by atoms with Gasteiger partial charge in [-0.2, -0.15) is 0 Å². The summed E-state index contributed by atoms with van der Waals surface area (Å²) >= 11 is 0. The van der Waals surface area contributed by atoms with Gasteiger partial charge in [-0.15, -0.1) is 0 Å². The number of para-hydroxylation sites is 1. The average molecular weight is 235 g/mol. The monoisotopic (exact) mass is 235 g/mol. The van der Waals surface area contributed by atoms with E-state index >= 15 is 0 Å². The van der Waals surface area contributed by atoms with Gasteiger partial charge in [-0.3, -0.25) is 5.41 Å². The maximum absolute atomic E-state index is 8.71. The second-order valence-electron chi connectivity index (χ2n) is 4.14. The van der Waals surface area contributed by atoms with Crippen LogP contribution in [0.25, 0.3) is 0 Å². The van der Waals surface area contributed by atoms with E-state index in [-0.39, 0.29) is 12.4 Å². The van der Waals surface area contributed by atoms with E-state index in [1.807, 2.05) is 31.3 Å². The Hall–Kier alpha value is -1.55. The van der Waals surface area contributed by atoms with Crippen molar-refractivity contribution in [3.63, 3.8) is 0 Å². The number of aliphatic hydroxyl groups is 1. The molecule has 0 aliphatic carbocycles. The van der Waals surface area contributed by atoms with Crippen molar-refractivity contribution < 1.29 is 5.11 Å². The number of aliphatic hydroxyl groups excluding tert-OH is 1. The Kier molecular flexibility index (Phi) is 5.49. The van der Waals surface area contributed by atoms with E-state index in [1.165, 1.54) is 0 Å². The van der Waals surface area contributed by atoms with E-state index in [1.54, 1.807) is 0 Å². The van der Waals surface area contributed by atoms with E-state index in [0.29, 0.717) is 0 Å². The zero-order valence-corrected chi connectivity index (χ0v) is 10.3. The van der Waals surface area contributed by atoms with Gasteiger partial charge in [-0.25, -0.2) is 0 Å². The van der Waals surface area contributed by atoms with Crippen molar-refractivity contribution in [2.24, 2.45) is 5.73 Å². The van der Waals surface area contributed by atoms with Crippen LogP contribution < -0.4 is 10.6 Å². The molecule has 0 aromatic heterocycles. The molecule has 4 nitrogen and oxygen atoms in total. The molecule has 0 bridgehead atoms. The van der Waals surface area contributed by atoms with Gasteiger partial charge in [0.05, 0.1) is 0 Å². The summed E-state index contributed by atoms with van der Waals surface area (Å²) in [6.07, 6.45) is 2.90. The zero-order chi connectivity index (χ0) is 12.7. The van der Waals surface area contributed by atoms with Crippen molar-refractivity contribution >= 4 is 11.5 Å². The fourth-order valence-electron chi connectivity index (χ4n) is 1.79. The molecule has 0 fully saturated rings. The first-order valence-corrected chi connectivity index (χ1v) is 5.92. The van der Waals surface area contributed by atoms with Crippen LogP contribution in [0, 0.1) is 5.41 Å². The van der Waals surface area contributed by atoms with Crippen molar-refractivity contribution in [2.75, 3.05) is 25.1 Å². The molecule has 17 heavy (non-hydrogen) atoms. The Morgan fingerprint density at radius 2 is 2.00 bits per heavy atom. The molecule has 0 saturated carbocycles. The van der Waals surface area contributed by atoms with Crippen molar-refractivity contribution in [2.45, 2.75) is 19.3 Å². The molecular weight excluding hydrogens is 214 g/mol. The van der Waals surface area contributed by atoms with Gasteiger partial charge < -0.3 is 15.7 Å². The number of nitrogens with zero attached hydrogens (tertiary/aromatic N) is 1. The highest BCUT2D eigenvalue weighted by atomic mass is 16.2. The standard InChI is InChI=1S/C13H21N3O/c1-16(9-5-2-6-10-17)12-8-4-3-7-11(12)13(14)15/h3-4,7-8,17H,2,5-6,9-10H2,1H3,(H3,14,15). The molecule has 0 radical (unpaired) electrons. The SMILES string of the molecule is CN(CCCCCO)c1ccccc1C(=N)N. The fourth-order valence-corrected chi connectivity index (χ4v) is 1.79. The number of nitrogens with one attached hydrogen (secondary N) is 1.